The van der Waals surface area contributed by atoms with Crippen LogP contribution < -0.4 is 0 Å². The number of rotatable bonds is 10. The number of carboxylic acid groups (broad SMARTS) is 1. The molecule has 5 nitrogen and oxygen atoms in total. The molecular formula is C24H36Cl2N2O3. The van der Waals surface area contributed by atoms with E-state index in [1.54, 1.807) is 6.07 Å². The molecule has 0 aliphatic rings. The Bertz CT molecular complexity index is 736. The van der Waals surface area contributed by atoms with Crippen molar-refractivity contribution in [3.8, 4) is 0 Å². The molecule has 0 aliphatic heterocycles. The van der Waals surface area contributed by atoms with Gasteiger partial charge in [0.25, 0.3) is 0 Å². The van der Waals surface area contributed by atoms with Crippen LogP contribution >= 0.6 is 23.2 Å². The molecule has 0 spiro atoms. The molecule has 1 unspecified atom stereocenters. The number of carbonyl (C=O) groups is 2. The van der Waals surface area contributed by atoms with Crippen molar-refractivity contribution in [2.24, 2.45) is 5.92 Å². The first-order chi connectivity index (χ1) is 14.8. The van der Waals surface area contributed by atoms with Gasteiger partial charge in [-0.3, -0.25) is 4.79 Å². The third-order valence-corrected chi connectivity index (χ3v) is 5.22. The number of carbonyl (C=O) groups excluding carboxylic acids is 1. The summed E-state index contributed by atoms with van der Waals surface area (Å²) in [7, 11) is 2.07. The molecule has 0 radical (unpaired) electrons. The van der Waals surface area contributed by atoms with Gasteiger partial charge in [-0.05, 0) is 69.1 Å². The van der Waals surface area contributed by atoms with Crippen molar-refractivity contribution in [2.75, 3.05) is 20.1 Å². The number of aromatic nitrogens is 1. The predicted octanol–water partition coefficient (Wildman–Crippen LogP) is 6.07. The Kier molecular flexibility index (Phi) is 16.8. The summed E-state index contributed by atoms with van der Waals surface area (Å²) in [5.41, 5.74) is 1.14. The largest absolute Gasteiger partial charge is 0.481 e. The van der Waals surface area contributed by atoms with Crippen molar-refractivity contribution in [2.45, 2.75) is 53.0 Å². The topological polar surface area (TPSA) is 62.5 Å². The van der Waals surface area contributed by atoms with E-state index in [2.05, 4.69) is 42.8 Å². The Balaban J connectivity index is 0.000000580. The van der Waals surface area contributed by atoms with Crippen LogP contribution in [0.1, 0.15) is 45.6 Å². The lowest BCUT2D eigenvalue weighted by Crippen LogP contribution is -2.28. The SMILES string of the molecule is CC=O.CCC(CC(=O)O)CN(C)CCCn1cccc1.CCc1ccc(Cl)cc1Cl. The van der Waals surface area contributed by atoms with Crippen LogP contribution in [0.25, 0.3) is 0 Å². The molecule has 0 bridgehead atoms. The molecule has 0 saturated carbocycles. The Morgan fingerprint density at radius 3 is 2.32 bits per heavy atom. The maximum Gasteiger partial charge on any atom is 0.303 e. The summed E-state index contributed by atoms with van der Waals surface area (Å²) in [4.78, 5) is 21.7. The zero-order chi connectivity index (χ0) is 23.6. The second-order valence-electron chi connectivity index (χ2n) is 7.23. The van der Waals surface area contributed by atoms with E-state index in [0.29, 0.717) is 5.02 Å². The van der Waals surface area contributed by atoms with Crippen LogP contribution in [0.5, 0.6) is 0 Å². The second-order valence-corrected chi connectivity index (χ2v) is 8.08. The molecule has 0 aliphatic carbocycles. The van der Waals surface area contributed by atoms with E-state index in [1.807, 2.05) is 24.3 Å². The van der Waals surface area contributed by atoms with E-state index in [1.165, 1.54) is 6.92 Å². The standard InChI is InChI=1S/C14H24N2O2.C8H8Cl2.C2H4O/c1-3-13(11-14(17)18)12-15(2)7-6-10-16-8-4-5-9-16;1-2-6-3-4-7(9)5-8(6)10;1-2-3/h4-5,8-9,13H,3,6-7,10-12H2,1-2H3,(H,17,18);3-5H,2H2,1H3;2H,1H3. The molecule has 2 rings (SSSR count). The first-order valence-corrected chi connectivity index (χ1v) is 11.4. The number of carboxylic acids is 1. The molecule has 1 heterocycles. The van der Waals surface area contributed by atoms with Gasteiger partial charge < -0.3 is 19.4 Å². The Hall–Kier alpha value is -1.82. The Morgan fingerprint density at radius 1 is 1.23 bits per heavy atom. The van der Waals surface area contributed by atoms with Gasteiger partial charge in [-0.1, -0.05) is 49.5 Å². The van der Waals surface area contributed by atoms with Crippen molar-refractivity contribution in [1.82, 2.24) is 9.47 Å². The van der Waals surface area contributed by atoms with E-state index < -0.39 is 5.97 Å². The van der Waals surface area contributed by atoms with Crippen molar-refractivity contribution < 1.29 is 14.7 Å². The monoisotopic (exact) mass is 470 g/mol. The van der Waals surface area contributed by atoms with Gasteiger partial charge in [-0.25, -0.2) is 0 Å². The number of benzene rings is 1. The maximum absolute atomic E-state index is 10.7. The van der Waals surface area contributed by atoms with Gasteiger partial charge in [0.2, 0.25) is 0 Å². The zero-order valence-electron chi connectivity index (χ0n) is 19.1. The molecule has 0 amide bonds. The third-order valence-electron chi connectivity index (χ3n) is 4.63. The average molecular weight is 471 g/mol. The van der Waals surface area contributed by atoms with Gasteiger partial charge in [0.1, 0.15) is 6.29 Å². The first kappa shape index (κ1) is 29.2. The van der Waals surface area contributed by atoms with Crippen LogP contribution in [0.4, 0.5) is 0 Å². The van der Waals surface area contributed by atoms with Gasteiger partial charge in [0, 0.05) is 41.9 Å². The summed E-state index contributed by atoms with van der Waals surface area (Å²) in [6.45, 7) is 8.46. The fraction of sp³-hybridized carbons (Fsp3) is 0.500. The van der Waals surface area contributed by atoms with Crippen molar-refractivity contribution in [3.05, 3.63) is 58.3 Å². The molecule has 0 fully saturated rings. The van der Waals surface area contributed by atoms with Crippen LogP contribution in [0.3, 0.4) is 0 Å². The summed E-state index contributed by atoms with van der Waals surface area (Å²) in [6, 6.07) is 9.63. The molecule has 174 valence electrons. The zero-order valence-corrected chi connectivity index (χ0v) is 20.6. The summed E-state index contributed by atoms with van der Waals surface area (Å²) in [6.07, 6.45) is 8.13. The molecule has 1 N–H and O–H groups in total. The third kappa shape index (κ3) is 14.8. The summed E-state index contributed by atoms with van der Waals surface area (Å²) >= 11 is 11.5. The van der Waals surface area contributed by atoms with Crippen LogP contribution in [-0.2, 0) is 22.6 Å². The van der Waals surface area contributed by atoms with Crippen molar-refractivity contribution in [3.63, 3.8) is 0 Å². The first-order valence-electron chi connectivity index (χ1n) is 10.6. The minimum absolute atomic E-state index is 0.263. The highest BCUT2D eigenvalue weighted by atomic mass is 35.5. The summed E-state index contributed by atoms with van der Waals surface area (Å²) in [5, 5.41) is 10.3. The molecule has 1 aromatic carbocycles. The molecule has 31 heavy (non-hydrogen) atoms. The fourth-order valence-corrected chi connectivity index (χ4v) is 3.51. The van der Waals surface area contributed by atoms with Gasteiger partial charge in [0.05, 0.1) is 0 Å². The quantitative estimate of drug-likeness (QED) is 0.427. The van der Waals surface area contributed by atoms with Gasteiger partial charge in [-0.15, -0.1) is 0 Å². The summed E-state index contributed by atoms with van der Waals surface area (Å²) in [5.74, 6) is -0.429. The summed E-state index contributed by atoms with van der Waals surface area (Å²) < 4.78 is 2.17. The van der Waals surface area contributed by atoms with Crippen LogP contribution in [-0.4, -0.2) is 47.0 Å². The van der Waals surface area contributed by atoms with Crippen molar-refractivity contribution in [1.29, 1.82) is 0 Å². The van der Waals surface area contributed by atoms with E-state index in [9.17, 15) is 4.79 Å². The molecular weight excluding hydrogens is 435 g/mol. The van der Waals surface area contributed by atoms with E-state index in [-0.39, 0.29) is 12.3 Å². The highest BCUT2D eigenvalue weighted by Crippen LogP contribution is 2.20. The molecule has 2 aromatic rings. The predicted molar refractivity (Wildman–Crippen MR) is 130 cm³/mol. The van der Waals surface area contributed by atoms with E-state index in [0.717, 1.165) is 55.8 Å². The second kappa shape index (κ2) is 17.8. The number of halogens is 2. The molecule has 0 saturated heterocycles. The van der Waals surface area contributed by atoms with Gasteiger partial charge >= 0.3 is 5.97 Å². The number of hydrogen-bond donors (Lipinski definition) is 1. The Labute approximate surface area is 197 Å². The number of nitrogens with zero attached hydrogens (tertiary/aromatic N) is 2. The minimum Gasteiger partial charge on any atom is -0.481 e. The fourth-order valence-electron chi connectivity index (χ4n) is 2.97. The lowest BCUT2D eigenvalue weighted by Gasteiger charge is -2.22. The molecule has 7 heteroatoms. The molecule has 1 atom stereocenters. The lowest BCUT2D eigenvalue weighted by molar-refractivity contribution is -0.138. The average Bonchev–Trinajstić information content (AvgIpc) is 3.22. The maximum atomic E-state index is 10.7. The van der Waals surface area contributed by atoms with Gasteiger partial charge in [-0.2, -0.15) is 0 Å². The number of hydrogen-bond acceptors (Lipinski definition) is 3. The van der Waals surface area contributed by atoms with Crippen molar-refractivity contribution >= 4 is 35.5 Å². The number of aldehydes is 1. The normalized spacial score (nSPS) is 11.1. The smallest absolute Gasteiger partial charge is 0.303 e. The van der Waals surface area contributed by atoms with Gasteiger partial charge in [0.15, 0.2) is 0 Å². The van der Waals surface area contributed by atoms with E-state index >= 15 is 0 Å². The highest BCUT2D eigenvalue weighted by molar-refractivity contribution is 6.35. The lowest BCUT2D eigenvalue weighted by atomic mass is 10.0. The van der Waals surface area contributed by atoms with Crippen LogP contribution in [0.15, 0.2) is 42.7 Å². The minimum atomic E-state index is -0.692. The van der Waals surface area contributed by atoms with Crippen LogP contribution in [0.2, 0.25) is 10.0 Å². The Morgan fingerprint density at radius 2 is 1.84 bits per heavy atom. The van der Waals surface area contributed by atoms with E-state index in [4.69, 9.17) is 33.1 Å². The molecule has 1 aromatic heterocycles. The number of aliphatic carboxylic acids is 1. The highest BCUT2D eigenvalue weighted by Gasteiger charge is 2.13. The number of aryl methyl sites for hydroxylation is 2. The van der Waals surface area contributed by atoms with Crippen LogP contribution in [0, 0.1) is 5.92 Å².